The average Bonchev–Trinajstić information content (AvgIpc) is 2.62. The molecule has 1 N–H and O–H groups in total. The van der Waals surface area contributed by atoms with Crippen LogP contribution in [0.2, 0.25) is 5.02 Å². The molecule has 3 aromatic rings. The summed E-state index contributed by atoms with van der Waals surface area (Å²) in [6.45, 7) is 7.94. The summed E-state index contributed by atoms with van der Waals surface area (Å²) in [6, 6.07) is 20.6. The first kappa shape index (κ1) is 20.0. The third-order valence-electron chi connectivity index (χ3n) is 4.19. The van der Waals surface area contributed by atoms with Crippen LogP contribution in [0.25, 0.3) is 0 Å². The summed E-state index contributed by atoms with van der Waals surface area (Å²) in [5.41, 5.74) is 3.40. The topological polar surface area (TPSA) is 38.3 Å². The molecule has 0 radical (unpaired) electrons. The Morgan fingerprint density at radius 1 is 0.929 bits per heavy atom. The molecule has 0 bridgehead atoms. The van der Waals surface area contributed by atoms with Gasteiger partial charge in [-0.25, -0.2) is 0 Å². The van der Waals surface area contributed by atoms with Gasteiger partial charge in [0.25, 0.3) is 0 Å². The van der Waals surface area contributed by atoms with E-state index in [0.29, 0.717) is 16.1 Å². The van der Waals surface area contributed by atoms with Gasteiger partial charge in [-0.15, -0.1) is 0 Å². The SMILES string of the molecule is Cc1ccccc1C(=O)c1ccc(Nc2ccccc2OC(C)(C)C)cc1Cl. The van der Waals surface area contributed by atoms with Gasteiger partial charge in [0.15, 0.2) is 5.78 Å². The molecule has 0 saturated heterocycles. The maximum atomic E-state index is 12.8. The number of aryl methyl sites for hydroxylation is 1. The Balaban J connectivity index is 1.86. The van der Waals surface area contributed by atoms with Crippen molar-refractivity contribution in [1.29, 1.82) is 0 Å². The van der Waals surface area contributed by atoms with Crippen molar-refractivity contribution in [3.8, 4) is 5.75 Å². The van der Waals surface area contributed by atoms with Crippen molar-refractivity contribution in [3.05, 3.63) is 88.4 Å². The van der Waals surface area contributed by atoms with Crippen LogP contribution in [0, 0.1) is 6.92 Å². The van der Waals surface area contributed by atoms with Crippen molar-refractivity contribution in [2.45, 2.75) is 33.3 Å². The maximum Gasteiger partial charge on any atom is 0.194 e. The molecule has 3 aromatic carbocycles. The first-order valence-electron chi connectivity index (χ1n) is 9.19. The molecule has 0 fully saturated rings. The Hall–Kier alpha value is -2.78. The van der Waals surface area contributed by atoms with Crippen molar-refractivity contribution in [1.82, 2.24) is 0 Å². The number of para-hydroxylation sites is 2. The van der Waals surface area contributed by atoms with Crippen molar-refractivity contribution in [3.63, 3.8) is 0 Å². The number of benzene rings is 3. The molecule has 0 aromatic heterocycles. The fraction of sp³-hybridized carbons (Fsp3) is 0.208. The molecule has 0 aliphatic rings. The normalized spacial score (nSPS) is 11.2. The summed E-state index contributed by atoms with van der Waals surface area (Å²) < 4.78 is 6.02. The van der Waals surface area contributed by atoms with E-state index in [4.69, 9.17) is 16.3 Å². The predicted octanol–water partition coefficient (Wildman–Crippen LogP) is 6.80. The minimum Gasteiger partial charge on any atom is -0.486 e. The van der Waals surface area contributed by atoms with Crippen LogP contribution in [-0.2, 0) is 0 Å². The van der Waals surface area contributed by atoms with Crippen LogP contribution >= 0.6 is 11.6 Å². The van der Waals surface area contributed by atoms with Crippen LogP contribution in [0.15, 0.2) is 66.7 Å². The first-order chi connectivity index (χ1) is 13.2. The van der Waals surface area contributed by atoms with Crippen molar-refractivity contribution in [2.75, 3.05) is 5.32 Å². The first-order valence-corrected chi connectivity index (χ1v) is 9.57. The van der Waals surface area contributed by atoms with Gasteiger partial charge in [0, 0.05) is 16.8 Å². The molecule has 28 heavy (non-hydrogen) atoms. The minimum atomic E-state index is -0.306. The number of carbonyl (C=O) groups is 1. The Bertz CT molecular complexity index is 1010. The van der Waals surface area contributed by atoms with Gasteiger partial charge in [-0.05, 0) is 63.6 Å². The Kier molecular flexibility index (Phi) is 5.76. The standard InChI is InChI=1S/C24H24ClNO2/c1-16-9-5-6-10-18(16)23(27)19-14-13-17(15-20(19)25)26-21-11-7-8-12-22(21)28-24(2,3)4/h5-15,26H,1-4H3. The van der Waals surface area contributed by atoms with E-state index in [1.807, 2.05) is 82.3 Å². The monoisotopic (exact) mass is 393 g/mol. The summed E-state index contributed by atoms with van der Waals surface area (Å²) >= 11 is 6.45. The van der Waals surface area contributed by atoms with Crippen LogP contribution in [0.3, 0.4) is 0 Å². The Morgan fingerprint density at radius 2 is 1.61 bits per heavy atom. The molecule has 3 rings (SSSR count). The van der Waals surface area contributed by atoms with Crippen LogP contribution < -0.4 is 10.1 Å². The number of rotatable bonds is 5. The number of carbonyl (C=O) groups excluding carboxylic acids is 1. The van der Waals surface area contributed by atoms with E-state index >= 15 is 0 Å². The number of ether oxygens (including phenoxy) is 1. The van der Waals surface area contributed by atoms with E-state index in [0.717, 1.165) is 22.7 Å². The molecule has 0 spiro atoms. The molecular formula is C24H24ClNO2. The third-order valence-corrected chi connectivity index (χ3v) is 4.50. The van der Waals surface area contributed by atoms with Gasteiger partial charge in [0.2, 0.25) is 0 Å². The zero-order valence-corrected chi connectivity index (χ0v) is 17.3. The molecule has 0 amide bonds. The van der Waals surface area contributed by atoms with Crippen LogP contribution in [-0.4, -0.2) is 11.4 Å². The summed E-state index contributed by atoms with van der Waals surface area (Å²) in [4.78, 5) is 12.8. The second-order valence-electron chi connectivity index (χ2n) is 7.67. The van der Waals surface area contributed by atoms with E-state index in [1.165, 1.54) is 0 Å². The van der Waals surface area contributed by atoms with Crippen LogP contribution in [0.5, 0.6) is 5.75 Å². The highest BCUT2D eigenvalue weighted by Crippen LogP contribution is 2.32. The molecule has 3 nitrogen and oxygen atoms in total. The molecule has 4 heteroatoms. The molecule has 0 heterocycles. The minimum absolute atomic E-state index is 0.0777. The third kappa shape index (κ3) is 4.73. The summed E-state index contributed by atoms with van der Waals surface area (Å²) in [7, 11) is 0. The van der Waals surface area contributed by atoms with Gasteiger partial charge >= 0.3 is 0 Å². The fourth-order valence-electron chi connectivity index (χ4n) is 2.89. The predicted molar refractivity (Wildman–Crippen MR) is 116 cm³/mol. The van der Waals surface area contributed by atoms with Crippen molar-refractivity contribution < 1.29 is 9.53 Å². The van der Waals surface area contributed by atoms with Gasteiger partial charge in [0.05, 0.1) is 10.7 Å². The van der Waals surface area contributed by atoms with Crippen molar-refractivity contribution in [2.24, 2.45) is 0 Å². The van der Waals surface area contributed by atoms with Crippen LogP contribution in [0.1, 0.15) is 42.3 Å². The smallest absolute Gasteiger partial charge is 0.194 e. The lowest BCUT2D eigenvalue weighted by atomic mass is 9.99. The fourth-order valence-corrected chi connectivity index (χ4v) is 3.16. The zero-order valence-electron chi connectivity index (χ0n) is 16.5. The van der Waals surface area contributed by atoms with E-state index in [2.05, 4.69) is 5.32 Å². The highest BCUT2D eigenvalue weighted by atomic mass is 35.5. The van der Waals surface area contributed by atoms with E-state index in [9.17, 15) is 4.79 Å². The molecule has 144 valence electrons. The average molecular weight is 394 g/mol. The summed E-state index contributed by atoms with van der Waals surface area (Å²) in [6.07, 6.45) is 0. The van der Waals surface area contributed by atoms with Crippen molar-refractivity contribution >= 4 is 28.8 Å². The van der Waals surface area contributed by atoms with Gasteiger partial charge < -0.3 is 10.1 Å². The van der Waals surface area contributed by atoms with Gasteiger partial charge in [-0.1, -0.05) is 48.0 Å². The second-order valence-corrected chi connectivity index (χ2v) is 8.08. The maximum absolute atomic E-state index is 12.8. The Morgan fingerprint density at radius 3 is 2.29 bits per heavy atom. The lowest BCUT2D eigenvalue weighted by Gasteiger charge is -2.23. The molecule has 0 atom stereocenters. The number of hydrogen-bond donors (Lipinski definition) is 1. The van der Waals surface area contributed by atoms with E-state index in [1.54, 1.807) is 12.1 Å². The summed E-state index contributed by atoms with van der Waals surface area (Å²) in [5.74, 6) is 0.678. The summed E-state index contributed by atoms with van der Waals surface area (Å²) in [5, 5.41) is 3.74. The highest BCUT2D eigenvalue weighted by Gasteiger charge is 2.17. The molecule has 0 unspecified atom stereocenters. The van der Waals surface area contributed by atoms with E-state index < -0.39 is 0 Å². The number of halogens is 1. The number of nitrogens with one attached hydrogen (secondary N) is 1. The molecule has 0 saturated carbocycles. The number of hydrogen-bond acceptors (Lipinski definition) is 3. The van der Waals surface area contributed by atoms with E-state index in [-0.39, 0.29) is 11.4 Å². The second kappa shape index (κ2) is 8.07. The lowest BCUT2D eigenvalue weighted by Crippen LogP contribution is -2.23. The number of anilines is 2. The molecule has 0 aliphatic heterocycles. The Labute approximate surface area is 171 Å². The van der Waals surface area contributed by atoms with Crippen LogP contribution in [0.4, 0.5) is 11.4 Å². The quantitative estimate of drug-likeness (QED) is 0.484. The molecular weight excluding hydrogens is 370 g/mol. The lowest BCUT2D eigenvalue weighted by molar-refractivity contribution is 0.103. The van der Waals surface area contributed by atoms with Gasteiger partial charge in [-0.2, -0.15) is 0 Å². The molecule has 0 aliphatic carbocycles. The highest BCUT2D eigenvalue weighted by molar-refractivity contribution is 6.35. The zero-order chi connectivity index (χ0) is 20.3. The number of ketones is 1. The van der Waals surface area contributed by atoms with Gasteiger partial charge in [-0.3, -0.25) is 4.79 Å². The largest absolute Gasteiger partial charge is 0.486 e. The van der Waals surface area contributed by atoms with Gasteiger partial charge in [0.1, 0.15) is 11.4 Å².